The summed E-state index contributed by atoms with van der Waals surface area (Å²) < 4.78 is 13.0. The summed E-state index contributed by atoms with van der Waals surface area (Å²) in [5, 5.41) is 15.3. The molecular weight excluding hydrogens is 309 g/mol. The molecule has 21 heavy (non-hydrogen) atoms. The minimum Gasteiger partial charge on any atom is -0.358 e. The number of nitriles is 1. The van der Waals surface area contributed by atoms with Gasteiger partial charge < -0.3 is 10.6 Å². The van der Waals surface area contributed by atoms with Crippen LogP contribution in [0.4, 0.5) is 10.1 Å². The van der Waals surface area contributed by atoms with Gasteiger partial charge in [0.05, 0.1) is 16.7 Å². The molecular formula is C15H11ClFN3S. The number of nitrogens with one attached hydrogen (secondary N) is 2. The first-order valence-electron chi connectivity index (χ1n) is 6.07. The zero-order valence-electron chi connectivity index (χ0n) is 10.9. The second-order valence-corrected chi connectivity index (χ2v) is 5.06. The van der Waals surface area contributed by atoms with E-state index in [0.717, 1.165) is 11.3 Å². The number of hydrogen-bond acceptors (Lipinski definition) is 2. The van der Waals surface area contributed by atoms with Gasteiger partial charge in [0.15, 0.2) is 5.11 Å². The van der Waals surface area contributed by atoms with Gasteiger partial charge in [-0.15, -0.1) is 0 Å². The minimum absolute atomic E-state index is 0.0786. The van der Waals surface area contributed by atoms with Crippen LogP contribution in [0.1, 0.15) is 11.1 Å². The molecule has 0 atom stereocenters. The van der Waals surface area contributed by atoms with E-state index >= 15 is 0 Å². The van der Waals surface area contributed by atoms with Gasteiger partial charge in [-0.2, -0.15) is 5.26 Å². The Hall–Kier alpha value is -2.16. The SMILES string of the molecule is N#Cc1cccc(NC(=S)NCc2ccc(F)c(Cl)c2)c1. The molecule has 0 fully saturated rings. The summed E-state index contributed by atoms with van der Waals surface area (Å²) >= 11 is 10.9. The third-order valence-electron chi connectivity index (χ3n) is 2.69. The van der Waals surface area contributed by atoms with E-state index in [2.05, 4.69) is 16.7 Å². The number of hydrogen-bond donors (Lipinski definition) is 2. The van der Waals surface area contributed by atoms with Crippen LogP contribution in [0.15, 0.2) is 42.5 Å². The molecule has 2 aromatic rings. The Bertz CT molecular complexity index is 712. The van der Waals surface area contributed by atoms with Crippen molar-refractivity contribution in [2.24, 2.45) is 0 Å². The average molecular weight is 320 g/mol. The van der Waals surface area contributed by atoms with Crippen molar-refractivity contribution in [2.45, 2.75) is 6.54 Å². The van der Waals surface area contributed by atoms with E-state index in [1.165, 1.54) is 6.07 Å². The molecule has 0 unspecified atom stereocenters. The van der Waals surface area contributed by atoms with E-state index in [4.69, 9.17) is 29.1 Å². The van der Waals surface area contributed by atoms with E-state index in [9.17, 15) is 4.39 Å². The number of nitrogens with zero attached hydrogens (tertiary/aromatic N) is 1. The smallest absolute Gasteiger partial charge is 0.171 e. The van der Waals surface area contributed by atoms with Crippen molar-refractivity contribution in [1.29, 1.82) is 5.26 Å². The maximum Gasteiger partial charge on any atom is 0.171 e. The van der Waals surface area contributed by atoms with Crippen LogP contribution in [-0.2, 0) is 6.54 Å². The normalized spacial score (nSPS) is 9.76. The first-order valence-corrected chi connectivity index (χ1v) is 6.86. The Labute approximate surface area is 132 Å². The van der Waals surface area contributed by atoms with Gasteiger partial charge in [0.1, 0.15) is 5.82 Å². The molecule has 106 valence electrons. The Morgan fingerprint density at radius 1 is 1.29 bits per heavy atom. The quantitative estimate of drug-likeness (QED) is 0.844. The van der Waals surface area contributed by atoms with Gasteiger partial charge in [-0.3, -0.25) is 0 Å². The molecule has 0 heterocycles. The lowest BCUT2D eigenvalue weighted by atomic mass is 10.2. The molecule has 0 aliphatic rings. The van der Waals surface area contributed by atoms with Crippen molar-refractivity contribution in [3.8, 4) is 6.07 Å². The van der Waals surface area contributed by atoms with Gasteiger partial charge in [-0.1, -0.05) is 23.7 Å². The van der Waals surface area contributed by atoms with Crippen molar-refractivity contribution in [1.82, 2.24) is 5.32 Å². The number of anilines is 1. The minimum atomic E-state index is -0.450. The summed E-state index contributed by atoms with van der Waals surface area (Å²) in [7, 11) is 0. The third-order valence-corrected chi connectivity index (χ3v) is 3.22. The molecule has 0 saturated carbocycles. The van der Waals surface area contributed by atoms with E-state index < -0.39 is 5.82 Å². The Morgan fingerprint density at radius 3 is 2.81 bits per heavy atom. The molecule has 0 radical (unpaired) electrons. The van der Waals surface area contributed by atoms with Crippen LogP contribution in [0, 0.1) is 17.1 Å². The predicted octanol–water partition coefficient (Wildman–Crippen LogP) is 3.84. The second-order valence-electron chi connectivity index (χ2n) is 4.25. The van der Waals surface area contributed by atoms with Crippen molar-refractivity contribution in [3.05, 3.63) is 64.4 Å². The van der Waals surface area contributed by atoms with E-state index in [0.29, 0.717) is 17.2 Å². The van der Waals surface area contributed by atoms with Gasteiger partial charge in [0.2, 0.25) is 0 Å². The fourth-order valence-electron chi connectivity index (χ4n) is 1.67. The van der Waals surface area contributed by atoms with Crippen LogP contribution in [0.25, 0.3) is 0 Å². The Balaban J connectivity index is 1.92. The molecule has 2 rings (SSSR count). The first-order chi connectivity index (χ1) is 10.1. The fourth-order valence-corrected chi connectivity index (χ4v) is 2.07. The molecule has 0 bridgehead atoms. The molecule has 0 aliphatic heterocycles. The zero-order valence-corrected chi connectivity index (χ0v) is 12.4. The molecule has 0 amide bonds. The van der Waals surface area contributed by atoms with E-state index in [-0.39, 0.29) is 5.02 Å². The summed E-state index contributed by atoms with van der Waals surface area (Å²) in [4.78, 5) is 0. The molecule has 2 aromatic carbocycles. The van der Waals surface area contributed by atoms with Crippen LogP contribution in [-0.4, -0.2) is 5.11 Å². The molecule has 0 aliphatic carbocycles. The Kier molecular flexibility index (Phi) is 5.09. The van der Waals surface area contributed by atoms with Gasteiger partial charge in [-0.25, -0.2) is 4.39 Å². The lowest BCUT2D eigenvalue weighted by Gasteiger charge is -2.11. The van der Waals surface area contributed by atoms with Gasteiger partial charge in [0, 0.05) is 12.2 Å². The monoisotopic (exact) mass is 319 g/mol. The third kappa shape index (κ3) is 4.42. The zero-order chi connectivity index (χ0) is 15.2. The largest absolute Gasteiger partial charge is 0.358 e. The predicted molar refractivity (Wildman–Crippen MR) is 85.6 cm³/mol. The number of rotatable bonds is 3. The van der Waals surface area contributed by atoms with E-state index in [1.807, 2.05) is 6.07 Å². The molecule has 6 heteroatoms. The summed E-state index contributed by atoms with van der Waals surface area (Å²) in [5.41, 5.74) is 2.09. The van der Waals surface area contributed by atoms with Crippen molar-refractivity contribution >= 4 is 34.6 Å². The van der Waals surface area contributed by atoms with Crippen LogP contribution >= 0.6 is 23.8 Å². The highest BCUT2D eigenvalue weighted by atomic mass is 35.5. The van der Waals surface area contributed by atoms with Crippen LogP contribution in [0.5, 0.6) is 0 Å². The topological polar surface area (TPSA) is 47.9 Å². The van der Waals surface area contributed by atoms with Crippen LogP contribution < -0.4 is 10.6 Å². The summed E-state index contributed by atoms with van der Waals surface area (Å²) in [5.74, 6) is -0.450. The van der Waals surface area contributed by atoms with Crippen molar-refractivity contribution in [3.63, 3.8) is 0 Å². The highest BCUT2D eigenvalue weighted by Crippen LogP contribution is 2.16. The Morgan fingerprint density at radius 2 is 2.10 bits per heavy atom. The van der Waals surface area contributed by atoms with E-state index in [1.54, 1.807) is 30.3 Å². The van der Waals surface area contributed by atoms with Crippen molar-refractivity contribution < 1.29 is 4.39 Å². The lowest BCUT2D eigenvalue weighted by molar-refractivity contribution is 0.627. The standard InChI is InChI=1S/C15H11ClFN3S/c16-13-7-11(4-5-14(13)17)9-19-15(21)20-12-3-1-2-10(6-12)8-18/h1-7H,9H2,(H2,19,20,21). The molecule has 0 aromatic heterocycles. The lowest BCUT2D eigenvalue weighted by Crippen LogP contribution is -2.27. The van der Waals surface area contributed by atoms with Crippen LogP contribution in [0.3, 0.4) is 0 Å². The molecule has 0 saturated heterocycles. The number of benzene rings is 2. The number of halogens is 2. The highest BCUT2D eigenvalue weighted by molar-refractivity contribution is 7.80. The summed E-state index contributed by atoms with van der Waals surface area (Å²) in [6, 6.07) is 13.5. The first kappa shape index (κ1) is 15.2. The highest BCUT2D eigenvalue weighted by Gasteiger charge is 2.02. The van der Waals surface area contributed by atoms with Crippen molar-refractivity contribution in [2.75, 3.05) is 5.32 Å². The summed E-state index contributed by atoms with van der Waals surface area (Å²) in [6.07, 6.45) is 0. The maximum atomic E-state index is 13.0. The number of thiocarbonyl (C=S) groups is 1. The van der Waals surface area contributed by atoms with Gasteiger partial charge in [-0.05, 0) is 48.1 Å². The molecule has 2 N–H and O–H groups in total. The fraction of sp³-hybridized carbons (Fsp3) is 0.0667. The van der Waals surface area contributed by atoms with Gasteiger partial charge in [0.25, 0.3) is 0 Å². The second kappa shape index (κ2) is 7.02. The summed E-state index contributed by atoms with van der Waals surface area (Å²) in [6.45, 7) is 0.420. The van der Waals surface area contributed by atoms with Gasteiger partial charge >= 0.3 is 0 Å². The maximum absolute atomic E-state index is 13.0. The molecule has 0 spiro atoms. The average Bonchev–Trinajstić information content (AvgIpc) is 2.48. The van der Waals surface area contributed by atoms with Crippen LogP contribution in [0.2, 0.25) is 5.02 Å². The molecule has 3 nitrogen and oxygen atoms in total.